The van der Waals surface area contributed by atoms with Crippen LogP contribution in [-0.2, 0) is 16.0 Å². The average Bonchev–Trinajstić information content (AvgIpc) is 2.68. The summed E-state index contributed by atoms with van der Waals surface area (Å²) < 4.78 is 0. The van der Waals surface area contributed by atoms with E-state index < -0.39 is 12.1 Å². The molecule has 1 rings (SSSR count). The lowest BCUT2D eigenvalue weighted by Gasteiger charge is -2.15. The molecule has 0 aromatic heterocycles. The van der Waals surface area contributed by atoms with Gasteiger partial charge in [-0.3, -0.25) is 9.59 Å². The quantitative estimate of drug-likeness (QED) is 0.340. The molecular weight excluding hydrogens is 352 g/mol. The molecule has 0 aliphatic carbocycles. The summed E-state index contributed by atoms with van der Waals surface area (Å²) in [5.41, 5.74) is 18.6. The van der Waals surface area contributed by atoms with Gasteiger partial charge in [-0.25, -0.2) is 0 Å². The fraction of sp³-hybridized carbons (Fsp3) is 0.636. The number of nitrogens with two attached hydrogens (primary N) is 3. The van der Waals surface area contributed by atoms with Gasteiger partial charge < -0.3 is 22.5 Å². The minimum Gasteiger partial charge on any atom is -0.355 e. The molecule has 0 fully saturated rings. The van der Waals surface area contributed by atoms with Crippen molar-refractivity contribution in [3.05, 3.63) is 35.9 Å². The van der Waals surface area contributed by atoms with Gasteiger partial charge in [-0.05, 0) is 56.6 Å². The van der Waals surface area contributed by atoms with Crippen LogP contribution in [0.1, 0.15) is 57.4 Å². The van der Waals surface area contributed by atoms with Gasteiger partial charge in [0.15, 0.2) is 0 Å². The number of carbonyl (C=O) groups is 2. The van der Waals surface area contributed by atoms with Gasteiger partial charge in [-0.15, -0.1) is 0 Å². The van der Waals surface area contributed by atoms with E-state index in [0.29, 0.717) is 32.4 Å². The molecule has 6 nitrogen and oxygen atoms in total. The average molecular weight is 391 g/mol. The van der Waals surface area contributed by atoms with Crippen LogP contribution >= 0.6 is 0 Å². The minimum atomic E-state index is -0.471. The second kappa shape index (κ2) is 14.3. The fourth-order valence-corrected chi connectivity index (χ4v) is 3.22. The Hall–Kier alpha value is -1.76. The number of amides is 1. The largest absolute Gasteiger partial charge is 0.355 e. The van der Waals surface area contributed by atoms with Crippen LogP contribution in [0.25, 0.3) is 0 Å². The van der Waals surface area contributed by atoms with Crippen LogP contribution in [0.2, 0.25) is 0 Å². The van der Waals surface area contributed by atoms with Crippen LogP contribution < -0.4 is 22.5 Å². The molecule has 7 N–H and O–H groups in total. The lowest BCUT2D eigenvalue weighted by molar-refractivity contribution is -0.123. The van der Waals surface area contributed by atoms with Crippen molar-refractivity contribution in [2.24, 2.45) is 23.1 Å². The molecule has 158 valence electrons. The molecule has 0 heterocycles. The number of hydrogen-bond donors (Lipinski definition) is 4. The zero-order valence-electron chi connectivity index (χ0n) is 17.2. The van der Waals surface area contributed by atoms with E-state index in [2.05, 4.69) is 24.4 Å². The third kappa shape index (κ3) is 10.5. The Morgan fingerprint density at radius 3 is 2.29 bits per heavy atom. The molecule has 1 aromatic rings. The van der Waals surface area contributed by atoms with E-state index >= 15 is 0 Å². The van der Waals surface area contributed by atoms with Crippen LogP contribution in [0.5, 0.6) is 0 Å². The maximum absolute atomic E-state index is 12.3. The van der Waals surface area contributed by atoms with Gasteiger partial charge in [0.05, 0.1) is 12.1 Å². The Morgan fingerprint density at radius 1 is 0.964 bits per heavy atom. The molecule has 0 unspecified atom stereocenters. The van der Waals surface area contributed by atoms with Crippen molar-refractivity contribution >= 4 is 11.7 Å². The summed E-state index contributed by atoms with van der Waals surface area (Å²) in [7, 11) is 0. The molecule has 0 spiro atoms. The van der Waals surface area contributed by atoms with Gasteiger partial charge >= 0.3 is 0 Å². The van der Waals surface area contributed by atoms with Crippen molar-refractivity contribution in [2.75, 3.05) is 13.1 Å². The van der Waals surface area contributed by atoms with Gasteiger partial charge in [0.2, 0.25) is 5.91 Å². The predicted molar refractivity (Wildman–Crippen MR) is 115 cm³/mol. The molecule has 0 bridgehead atoms. The highest BCUT2D eigenvalue weighted by Crippen LogP contribution is 2.14. The van der Waals surface area contributed by atoms with Gasteiger partial charge in [-0.2, -0.15) is 0 Å². The van der Waals surface area contributed by atoms with Gasteiger partial charge in [-0.1, -0.05) is 43.7 Å². The van der Waals surface area contributed by atoms with E-state index in [4.69, 9.17) is 17.2 Å². The zero-order chi connectivity index (χ0) is 20.8. The maximum Gasteiger partial charge on any atom is 0.236 e. The van der Waals surface area contributed by atoms with Crippen molar-refractivity contribution in [1.29, 1.82) is 0 Å². The molecule has 0 saturated heterocycles. The second-order valence-electron chi connectivity index (χ2n) is 7.75. The molecule has 0 aliphatic rings. The van der Waals surface area contributed by atoms with E-state index in [9.17, 15) is 9.59 Å². The molecule has 3 atom stereocenters. The molecule has 0 aliphatic heterocycles. The Labute approximate surface area is 169 Å². The summed E-state index contributed by atoms with van der Waals surface area (Å²) in [6.45, 7) is 3.27. The fourth-order valence-electron chi connectivity index (χ4n) is 3.22. The number of benzene rings is 1. The monoisotopic (exact) mass is 390 g/mol. The highest BCUT2D eigenvalue weighted by atomic mass is 16.2. The van der Waals surface area contributed by atoms with E-state index in [1.54, 1.807) is 0 Å². The molecule has 0 saturated carbocycles. The summed E-state index contributed by atoms with van der Waals surface area (Å²) in [5.74, 6) is 0.280. The van der Waals surface area contributed by atoms with Crippen molar-refractivity contribution < 1.29 is 9.59 Å². The molecule has 6 heteroatoms. The molecular formula is C22H38N4O2. The Kier molecular flexibility index (Phi) is 12.4. The van der Waals surface area contributed by atoms with Crippen LogP contribution in [0, 0.1) is 5.92 Å². The predicted octanol–water partition coefficient (Wildman–Crippen LogP) is 1.89. The van der Waals surface area contributed by atoms with Crippen LogP contribution in [0.3, 0.4) is 0 Å². The van der Waals surface area contributed by atoms with Crippen LogP contribution in [0.15, 0.2) is 30.3 Å². The smallest absolute Gasteiger partial charge is 0.236 e. The first-order chi connectivity index (χ1) is 13.4. The Bertz CT molecular complexity index is 565. The number of hydrogen-bond acceptors (Lipinski definition) is 5. The van der Waals surface area contributed by atoms with Crippen LogP contribution in [0.4, 0.5) is 0 Å². The number of carbonyl (C=O) groups excluding carboxylic acids is 2. The third-order valence-electron chi connectivity index (χ3n) is 4.94. The third-order valence-corrected chi connectivity index (χ3v) is 4.94. The van der Waals surface area contributed by atoms with Gasteiger partial charge in [0, 0.05) is 13.0 Å². The van der Waals surface area contributed by atoms with Crippen molar-refractivity contribution in [3.63, 3.8) is 0 Å². The number of nitrogens with one attached hydrogen (secondary N) is 1. The SMILES string of the molecule is C[C@H](CC(=O)[C@@H](N)CCCCNC(=O)[C@@H](N)CCCCN)Cc1ccccc1. The molecule has 28 heavy (non-hydrogen) atoms. The topological polar surface area (TPSA) is 124 Å². The first-order valence-electron chi connectivity index (χ1n) is 10.5. The summed E-state index contributed by atoms with van der Waals surface area (Å²) >= 11 is 0. The first kappa shape index (κ1) is 24.3. The number of rotatable bonds is 15. The van der Waals surface area contributed by atoms with E-state index in [1.807, 2.05) is 18.2 Å². The summed E-state index contributed by atoms with van der Waals surface area (Å²) in [4.78, 5) is 24.2. The van der Waals surface area contributed by atoms with Crippen molar-refractivity contribution in [3.8, 4) is 0 Å². The zero-order valence-corrected chi connectivity index (χ0v) is 17.2. The van der Waals surface area contributed by atoms with Crippen LogP contribution in [-0.4, -0.2) is 36.9 Å². The summed E-state index contributed by atoms with van der Waals surface area (Å²) in [6.07, 6.45) is 6.05. The van der Waals surface area contributed by atoms with Gasteiger partial charge in [0.1, 0.15) is 5.78 Å². The normalized spacial score (nSPS) is 14.3. The lowest BCUT2D eigenvalue weighted by Crippen LogP contribution is -2.41. The minimum absolute atomic E-state index is 0.118. The highest BCUT2D eigenvalue weighted by Gasteiger charge is 2.17. The summed E-state index contributed by atoms with van der Waals surface area (Å²) in [5, 5.41) is 2.85. The molecule has 1 amide bonds. The Morgan fingerprint density at radius 2 is 1.61 bits per heavy atom. The van der Waals surface area contributed by atoms with E-state index in [1.165, 1.54) is 5.56 Å². The number of ketones is 1. The Balaban J connectivity index is 2.14. The number of Topliss-reactive ketones (excluding diaryl/α,β-unsaturated/α-hetero) is 1. The second-order valence-corrected chi connectivity index (χ2v) is 7.75. The number of unbranched alkanes of at least 4 members (excludes halogenated alkanes) is 2. The van der Waals surface area contributed by atoms with E-state index in [-0.39, 0.29) is 17.6 Å². The summed E-state index contributed by atoms with van der Waals surface area (Å²) in [6, 6.07) is 9.29. The van der Waals surface area contributed by atoms with E-state index in [0.717, 1.165) is 32.1 Å². The highest BCUT2D eigenvalue weighted by molar-refractivity contribution is 5.84. The van der Waals surface area contributed by atoms with Gasteiger partial charge in [0.25, 0.3) is 0 Å². The van der Waals surface area contributed by atoms with Crippen molar-refractivity contribution in [2.45, 2.75) is 70.4 Å². The standard InChI is InChI=1S/C22H38N4O2/c1-17(15-18-9-3-2-4-10-18)16-21(27)19(24)11-6-8-14-26-22(28)20(25)12-5-7-13-23/h2-4,9-10,17,19-20H,5-8,11-16,23-25H2,1H3,(H,26,28)/t17-,19-,20-/m0/s1. The maximum atomic E-state index is 12.3. The molecule has 1 aromatic carbocycles. The lowest BCUT2D eigenvalue weighted by atomic mass is 9.92. The first-order valence-corrected chi connectivity index (χ1v) is 10.5. The van der Waals surface area contributed by atoms with Crippen molar-refractivity contribution in [1.82, 2.24) is 5.32 Å². The molecule has 0 radical (unpaired) electrons.